The Hall–Kier alpha value is -4.58. The van der Waals surface area contributed by atoms with Crippen molar-refractivity contribution in [2.45, 2.75) is 45.6 Å². The summed E-state index contributed by atoms with van der Waals surface area (Å²) in [7, 11) is 0. The first-order chi connectivity index (χ1) is 20.8. The lowest BCUT2D eigenvalue weighted by Crippen LogP contribution is -2.33. The molecule has 1 heterocycles. The predicted octanol–water partition coefficient (Wildman–Crippen LogP) is 7.32. The molecule has 0 aliphatic rings. The third-order valence-corrected chi connectivity index (χ3v) is 6.12. The summed E-state index contributed by atoms with van der Waals surface area (Å²) in [5.74, 6) is -2.42. The van der Waals surface area contributed by atoms with Gasteiger partial charge in [-0.25, -0.2) is 9.18 Å². The van der Waals surface area contributed by atoms with Crippen molar-refractivity contribution >= 4 is 39.9 Å². The fourth-order valence-electron chi connectivity index (χ4n) is 3.91. The SMILES string of the molecule is CCOc1cc(C(Nc2ccc3cnccc3c2)C(=O)NCc2ccc(Cl)cc2F)ccc1OC(C)C.O=C(O)C(F)(F)F. The normalized spacial score (nSPS) is 11.8. The highest BCUT2D eigenvalue weighted by Gasteiger charge is 2.38. The van der Waals surface area contributed by atoms with Gasteiger partial charge >= 0.3 is 12.1 Å². The maximum atomic E-state index is 14.3. The molecule has 3 N–H and O–H groups in total. The number of carboxylic acids is 1. The standard InChI is InChI=1S/C29H29ClFN3O3.C2HF3O2/c1-4-36-27-14-20(7-10-26(27)37-18(2)3)28(29(35)33-17-22-5-8-23(30)15-25(22)31)34-24-9-6-21-16-32-12-11-19(21)13-24;3-2(4,5)1(6)7/h5-16,18,28,34H,4,17H2,1-3H3,(H,33,35);(H,6,7). The van der Waals surface area contributed by atoms with Crippen molar-refractivity contribution in [3.8, 4) is 11.5 Å². The summed E-state index contributed by atoms with van der Waals surface area (Å²) in [6.45, 7) is 6.21. The Balaban J connectivity index is 0.000000676. The number of nitrogens with one attached hydrogen (secondary N) is 2. The van der Waals surface area contributed by atoms with Gasteiger partial charge in [0.05, 0.1) is 12.7 Å². The fourth-order valence-corrected chi connectivity index (χ4v) is 4.07. The molecule has 0 radical (unpaired) electrons. The number of hydrogen-bond donors (Lipinski definition) is 3. The van der Waals surface area contributed by atoms with E-state index in [0.29, 0.717) is 34.3 Å². The van der Waals surface area contributed by atoms with E-state index in [2.05, 4.69) is 15.6 Å². The number of aliphatic carboxylic acids is 1. The molecule has 0 aliphatic carbocycles. The number of fused-ring (bicyclic) bond motifs is 1. The second-order valence-corrected chi connectivity index (χ2v) is 10.0. The smallest absolute Gasteiger partial charge is 0.490 e. The van der Waals surface area contributed by atoms with Gasteiger partial charge in [0, 0.05) is 40.6 Å². The average Bonchev–Trinajstić information content (AvgIpc) is 2.96. The average molecular weight is 636 g/mol. The number of carboxylic acid groups (broad SMARTS) is 1. The fraction of sp³-hybridized carbons (Fsp3) is 0.258. The zero-order valence-electron chi connectivity index (χ0n) is 23.9. The quantitative estimate of drug-likeness (QED) is 0.157. The van der Waals surface area contributed by atoms with Crippen LogP contribution in [-0.2, 0) is 16.1 Å². The Labute approximate surface area is 256 Å². The Morgan fingerprint density at radius 3 is 2.36 bits per heavy atom. The van der Waals surface area contributed by atoms with Gasteiger partial charge in [-0.15, -0.1) is 0 Å². The summed E-state index contributed by atoms with van der Waals surface area (Å²) in [6.07, 6.45) is -1.62. The molecule has 1 amide bonds. The van der Waals surface area contributed by atoms with Crippen molar-refractivity contribution in [3.63, 3.8) is 0 Å². The lowest BCUT2D eigenvalue weighted by molar-refractivity contribution is -0.192. The Kier molecular flexibility index (Phi) is 11.7. The molecule has 234 valence electrons. The number of anilines is 1. The molecule has 1 aromatic heterocycles. The summed E-state index contributed by atoms with van der Waals surface area (Å²) in [4.78, 5) is 26.5. The number of benzene rings is 3. The van der Waals surface area contributed by atoms with E-state index in [-0.39, 0.29) is 18.6 Å². The minimum Gasteiger partial charge on any atom is -0.490 e. The number of rotatable bonds is 10. The largest absolute Gasteiger partial charge is 0.490 e. The number of halogens is 5. The van der Waals surface area contributed by atoms with Crippen molar-refractivity contribution < 1.29 is 41.7 Å². The number of amides is 1. The molecule has 0 bridgehead atoms. The summed E-state index contributed by atoms with van der Waals surface area (Å²) in [6, 6.07) is 16.7. The predicted molar refractivity (Wildman–Crippen MR) is 158 cm³/mol. The first-order valence-electron chi connectivity index (χ1n) is 13.3. The van der Waals surface area contributed by atoms with Crippen LogP contribution in [0.25, 0.3) is 10.8 Å². The van der Waals surface area contributed by atoms with E-state index in [0.717, 1.165) is 16.5 Å². The minimum atomic E-state index is -5.08. The summed E-state index contributed by atoms with van der Waals surface area (Å²) in [5.41, 5.74) is 1.76. The number of alkyl halides is 3. The molecule has 13 heteroatoms. The second-order valence-electron chi connectivity index (χ2n) is 9.58. The van der Waals surface area contributed by atoms with Crippen LogP contribution in [0.15, 0.2) is 73.1 Å². The number of ether oxygens (including phenoxy) is 2. The van der Waals surface area contributed by atoms with Crippen LogP contribution in [0.1, 0.15) is 37.9 Å². The third kappa shape index (κ3) is 9.73. The van der Waals surface area contributed by atoms with Crippen LogP contribution in [-0.4, -0.2) is 40.9 Å². The van der Waals surface area contributed by atoms with E-state index in [4.69, 9.17) is 31.0 Å². The maximum absolute atomic E-state index is 14.3. The van der Waals surface area contributed by atoms with E-state index < -0.39 is 24.0 Å². The molecule has 3 aromatic carbocycles. The first kappa shape index (κ1) is 33.9. The molecule has 0 saturated heterocycles. The van der Waals surface area contributed by atoms with Crippen molar-refractivity contribution in [2.24, 2.45) is 0 Å². The Morgan fingerprint density at radius 2 is 1.73 bits per heavy atom. The molecule has 44 heavy (non-hydrogen) atoms. The van der Waals surface area contributed by atoms with Gasteiger partial charge in [-0.1, -0.05) is 29.8 Å². The second kappa shape index (κ2) is 15.2. The van der Waals surface area contributed by atoms with Crippen LogP contribution in [0.4, 0.5) is 23.2 Å². The highest BCUT2D eigenvalue weighted by molar-refractivity contribution is 6.30. The van der Waals surface area contributed by atoms with Crippen molar-refractivity contribution in [1.82, 2.24) is 10.3 Å². The topological polar surface area (TPSA) is 110 Å². The molecule has 4 rings (SSSR count). The van der Waals surface area contributed by atoms with Crippen LogP contribution >= 0.6 is 11.6 Å². The number of carbonyl (C=O) groups excluding carboxylic acids is 1. The van der Waals surface area contributed by atoms with Crippen LogP contribution in [0.3, 0.4) is 0 Å². The van der Waals surface area contributed by atoms with Gasteiger partial charge in [-0.3, -0.25) is 9.78 Å². The van der Waals surface area contributed by atoms with E-state index in [1.165, 1.54) is 6.07 Å². The van der Waals surface area contributed by atoms with E-state index in [9.17, 15) is 22.4 Å². The van der Waals surface area contributed by atoms with Gasteiger partial charge in [-0.05, 0) is 74.2 Å². The van der Waals surface area contributed by atoms with Gasteiger partial charge < -0.3 is 25.2 Å². The zero-order chi connectivity index (χ0) is 32.4. The monoisotopic (exact) mass is 635 g/mol. The molecule has 1 atom stereocenters. The maximum Gasteiger partial charge on any atom is 0.490 e. The lowest BCUT2D eigenvalue weighted by Gasteiger charge is -2.22. The molecule has 8 nitrogen and oxygen atoms in total. The molecule has 0 aliphatic heterocycles. The Bertz CT molecular complexity index is 1600. The molecular weight excluding hydrogens is 606 g/mol. The molecule has 0 spiro atoms. The van der Waals surface area contributed by atoms with Gasteiger partial charge in [0.1, 0.15) is 11.9 Å². The van der Waals surface area contributed by atoms with Gasteiger partial charge in [0.15, 0.2) is 11.5 Å². The molecule has 4 aromatic rings. The van der Waals surface area contributed by atoms with Crippen LogP contribution in [0, 0.1) is 5.82 Å². The van der Waals surface area contributed by atoms with E-state index >= 15 is 0 Å². The zero-order valence-corrected chi connectivity index (χ0v) is 24.7. The van der Waals surface area contributed by atoms with Crippen LogP contribution < -0.4 is 20.1 Å². The Morgan fingerprint density at radius 1 is 1.00 bits per heavy atom. The molecule has 0 fully saturated rings. The highest BCUT2D eigenvalue weighted by atomic mass is 35.5. The summed E-state index contributed by atoms with van der Waals surface area (Å²) >= 11 is 5.86. The van der Waals surface area contributed by atoms with Gasteiger partial charge in [0.25, 0.3) is 0 Å². The van der Waals surface area contributed by atoms with Crippen molar-refractivity contribution in [3.05, 3.63) is 95.0 Å². The van der Waals surface area contributed by atoms with Gasteiger partial charge in [0.2, 0.25) is 5.91 Å². The number of hydrogen-bond acceptors (Lipinski definition) is 6. The summed E-state index contributed by atoms with van der Waals surface area (Å²) < 4.78 is 57.8. The van der Waals surface area contributed by atoms with Crippen molar-refractivity contribution in [1.29, 1.82) is 0 Å². The molecular formula is C31H30ClF4N3O5. The number of aromatic nitrogens is 1. The number of carbonyl (C=O) groups is 2. The molecule has 1 unspecified atom stereocenters. The van der Waals surface area contributed by atoms with Crippen LogP contribution in [0.2, 0.25) is 5.02 Å². The first-order valence-corrected chi connectivity index (χ1v) is 13.7. The van der Waals surface area contributed by atoms with Crippen molar-refractivity contribution in [2.75, 3.05) is 11.9 Å². The van der Waals surface area contributed by atoms with E-state index in [1.807, 2.05) is 51.1 Å². The third-order valence-electron chi connectivity index (χ3n) is 5.89. The van der Waals surface area contributed by atoms with Crippen LogP contribution in [0.5, 0.6) is 11.5 Å². The minimum absolute atomic E-state index is 0.0102. The number of pyridine rings is 1. The highest BCUT2D eigenvalue weighted by Crippen LogP contribution is 2.33. The number of nitrogens with zero attached hydrogens (tertiary/aromatic N) is 1. The van der Waals surface area contributed by atoms with E-state index in [1.54, 1.807) is 36.7 Å². The van der Waals surface area contributed by atoms with Gasteiger partial charge in [-0.2, -0.15) is 13.2 Å². The summed E-state index contributed by atoms with van der Waals surface area (Å²) in [5, 5.41) is 15.6. The lowest BCUT2D eigenvalue weighted by atomic mass is 10.0. The molecule has 0 saturated carbocycles.